The third-order valence-electron chi connectivity index (χ3n) is 7.76. The summed E-state index contributed by atoms with van der Waals surface area (Å²) in [5.41, 5.74) is -1.48. The lowest BCUT2D eigenvalue weighted by Gasteiger charge is -2.36. The molecule has 1 aromatic rings. The lowest BCUT2D eigenvalue weighted by atomic mass is 9.70. The minimum absolute atomic E-state index is 0.00751. The molecule has 0 heterocycles. The van der Waals surface area contributed by atoms with Crippen molar-refractivity contribution in [3.05, 3.63) is 29.8 Å². The lowest BCUT2D eigenvalue weighted by Crippen LogP contribution is -2.50. The van der Waals surface area contributed by atoms with E-state index in [1.807, 2.05) is 13.8 Å². The third kappa shape index (κ3) is 6.90. The molecule has 0 spiro atoms. The summed E-state index contributed by atoms with van der Waals surface area (Å²) in [5, 5.41) is 8.72. The van der Waals surface area contributed by atoms with Gasteiger partial charge < -0.3 is 14.6 Å². The first-order valence-electron chi connectivity index (χ1n) is 12.7. The van der Waals surface area contributed by atoms with E-state index in [1.54, 1.807) is 45.0 Å². The molecular weight excluding hydrogens is 498 g/mol. The van der Waals surface area contributed by atoms with Crippen LogP contribution in [0.1, 0.15) is 72.3 Å². The summed E-state index contributed by atoms with van der Waals surface area (Å²) < 4.78 is 40.4. The predicted octanol–water partition coefficient (Wildman–Crippen LogP) is 3.50. The molecule has 37 heavy (non-hydrogen) atoms. The molecule has 3 atom stereocenters. The summed E-state index contributed by atoms with van der Waals surface area (Å²) in [6.45, 7) is 9.34. The fourth-order valence-corrected chi connectivity index (χ4v) is 7.63. The maximum absolute atomic E-state index is 13.4. The molecule has 2 bridgehead atoms. The highest BCUT2D eigenvalue weighted by molar-refractivity contribution is 7.89. The molecular formula is C27H39NO8S. The Kier molecular flexibility index (Phi) is 8.44. The molecule has 0 amide bonds. The van der Waals surface area contributed by atoms with E-state index < -0.39 is 44.4 Å². The van der Waals surface area contributed by atoms with Crippen LogP contribution in [-0.4, -0.2) is 55.2 Å². The number of carboxylic acid groups (broad SMARTS) is 1. The van der Waals surface area contributed by atoms with Crippen LogP contribution in [0.2, 0.25) is 0 Å². The SMILES string of the molecule is CC(C)(C)OC(=O)[C@H](Cc1ccc(OCCCC(=O)O)cc1)NS(=O)(=O)C[C@]12CCC(CC1=O)C2(C)C. The Hall–Kier alpha value is -2.46. The first-order valence-corrected chi connectivity index (χ1v) is 14.4. The van der Waals surface area contributed by atoms with Gasteiger partial charge in [0.1, 0.15) is 23.2 Å². The Morgan fingerprint density at radius 1 is 1.19 bits per heavy atom. The number of nitrogens with one attached hydrogen (secondary N) is 1. The standard InChI is InChI=1S/C27H39NO8S/c1-25(2,3)36-24(32)21(15-18-8-10-20(11-9-18)35-14-6-7-23(30)31)28-37(33,34)17-27-13-12-19(16-22(27)29)26(27,4)5/h8-11,19,21,28H,6-7,12-17H2,1-5H3,(H,30,31)/t19?,21-,27+/m0/s1. The maximum Gasteiger partial charge on any atom is 0.325 e. The fourth-order valence-electron chi connectivity index (χ4n) is 5.61. The second-order valence-corrected chi connectivity index (χ2v) is 13.6. The smallest absolute Gasteiger partial charge is 0.325 e. The summed E-state index contributed by atoms with van der Waals surface area (Å²) >= 11 is 0. The number of Topliss-reactive ketones (excluding diaryl/α,β-unsaturated/α-hetero) is 1. The normalized spacial score (nSPS) is 23.6. The van der Waals surface area contributed by atoms with Gasteiger partial charge in [-0.1, -0.05) is 26.0 Å². The molecule has 10 heteroatoms. The quantitative estimate of drug-likeness (QED) is 0.305. The highest BCUT2D eigenvalue weighted by atomic mass is 32.2. The van der Waals surface area contributed by atoms with Crippen molar-refractivity contribution in [2.75, 3.05) is 12.4 Å². The number of esters is 1. The molecule has 2 N–H and O–H groups in total. The van der Waals surface area contributed by atoms with Crippen LogP contribution in [-0.2, 0) is 35.6 Å². The Morgan fingerprint density at radius 3 is 2.35 bits per heavy atom. The Balaban J connectivity index is 1.74. The number of carbonyl (C=O) groups is 3. The summed E-state index contributed by atoms with van der Waals surface area (Å²) in [4.78, 5) is 36.5. The molecule has 2 saturated carbocycles. The van der Waals surface area contributed by atoms with Gasteiger partial charge in [0.15, 0.2) is 0 Å². The van der Waals surface area contributed by atoms with Crippen molar-refractivity contribution in [2.24, 2.45) is 16.7 Å². The molecule has 206 valence electrons. The molecule has 0 radical (unpaired) electrons. The van der Waals surface area contributed by atoms with Crippen LogP contribution in [0.5, 0.6) is 5.75 Å². The van der Waals surface area contributed by atoms with Gasteiger partial charge >= 0.3 is 11.9 Å². The van der Waals surface area contributed by atoms with Crippen LogP contribution < -0.4 is 9.46 Å². The largest absolute Gasteiger partial charge is 0.494 e. The monoisotopic (exact) mass is 537 g/mol. The van der Waals surface area contributed by atoms with E-state index in [1.165, 1.54) is 0 Å². The van der Waals surface area contributed by atoms with E-state index >= 15 is 0 Å². The first kappa shape index (κ1) is 29.1. The summed E-state index contributed by atoms with van der Waals surface area (Å²) in [7, 11) is -4.01. The zero-order valence-electron chi connectivity index (χ0n) is 22.3. The van der Waals surface area contributed by atoms with Crippen molar-refractivity contribution in [3.63, 3.8) is 0 Å². The van der Waals surface area contributed by atoms with Gasteiger partial charge in [-0.05, 0) is 75.5 Å². The topological polar surface area (TPSA) is 136 Å². The Bertz CT molecular complexity index is 1120. The molecule has 2 aliphatic carbocycles. The van der Waals surface area contributed by atoms with Crippen LogP contribution in [0, 0.1) is 16.7 Å². The first-order chi connectivity index (χ1) is 17.0. The van der Waals surface area contributed by atoms with E-state index in [2.05, 4.69) is 4.72 Å². The Labute approximate surface area is 219 Å². The fraction of sp³-hybridized carbons (Fsp3) is 0.667. The van der Waals surface area contributed by atoms with Gasteiger partial charge in [-0.3, -0.25) is 14.4 Å². The molecule has 0 aliphatic heterocycles. The average molecular weight is 538 g/mol. The van der Waals surface area contributed by atoms with Crippen LogP contribution in [0.4, 0.5) is 0 Å². The van der Waals surface area contributed by atoms with Crippen LogP contribution in [0.25, 0.3) is 0 Å². The molecule has 0 saturated heterocycles. The van der Waals surface area contributed by atoms with E-state index in [4.69, 9.17) is 14.6 Å². The number of aliphatic carboxylic acids is 1. The number of ketones is 1. The minimum Gasteiger partial charge on any atom is -0.494 e. The van der Waals surface area contributed by atoms with Gasteiger partial charge in [0.05, 0.1) is 12.4 Å². The number of hydrogen-bond donors (Lipinski definition) is 2. The number of fused-ring (bicyclic) bond motifs is 2. The van der Waals surface area contributed by atoms with Crippen LogP contribution >= 0.6 is 0 Å². The van der Waals surface area contributed by atoms with Gasteiger partial charge in [-0.2, -0.15) is 0 Å². The second-order valence-electron chi connectivity index (χ2n) is 11.8. The summed E-state index contributed by atoms with van der Waals surface area (Å²) in [5.74, 6) is -1.20. The van der Waals surface area contributed by atoms with Crippen molar-refractivity contribution < 1.29 is 37.4 Å². The van der Waals surface area contributed by atoms with Crippen molar-refractivity contribution in [2.45, 2.75) is 84.8 Å². The zero-order chi connectivity index (χ0) is 27.6. The number of benzene rings is 1. The van der Waals surface area contributed by atoms with Gasteiger partial charge in [0.25, 0.3) is 0 Å². The molecule has 3 rings (SSSR count). The predicted molar refractivity (Wildman–Crippen MR) is 138 cm³/mol. The van der Waals surface area contributed by atoms with E-state index in [9.17, 15) is 22.8 Å². The molecule has 9 nitrogen and oxygen atoms in total. The molecule has 0 aromatic heterocycles. The van der Waals surface area contributed by atoms with Gasteiger partial charge in [0.2, 0.25) is 10.0 Å². The number of carboxylic acids is 1. The summed E-state index contributed by atoms with van der Waals surface area (Å²) in [6.07, 6.45) is 2.22. The number of sulfonamides is 1. The third-order valence-corrected chi connectivity index (χ3v) is 9.27. The van der Waals surface area contributed by atoms with Crippen molar-refractivity contribution in [1.82, 2.24) is 4.72 Å². The van der Waals surface area contributed by atoms with Crippen molar-refractivity contribution in [1.29, 1.82) is 0 Å². The number of carbonyl (C=O) groups excluding carboxylic acids is 2. The zero-order valence-corrected chi connectivity index (χ0v) is 23.2. The van der Waals surface area contributed by atoms with Crippen LogP contribution in [0.15, 0.2) is 24.3 Å². The van der Waals surface area contributed by atoms with Gasteiger partial charge in [-0.15, -0.1) is 0 Å². The van der Waals surface area contributed by atoms with Crippen LogP contribution in [0.3, 0.4) is 0 Å². The summed E-state index contributed by atoms with van der Waals surface area (Å²) in [6, 6.07) is 5.66. The number of rotatable bonds is 12. The lowest BCUT2D eigenvalue weighted by molar-refractivity contribution is -0.157. The van der Waals surface area contributed by atoms with E-state index in [0.717, 1.165) is 6.42 Å². The molecule has 2 fully saturated rings. The number of ether oxygens (including phenoxy) is 2. The maximum atomic E-state index is 13.4. The molecule has 2 aliphatic rings. The van der Waals surface area contributed by atoms with E-state index in [0.29, 0.717) is 30.6 Å². The van der Waals surface area contributed by atoms with Crippen molar-refractivity contribution >= 4 is 27.7 Å². The Morgan fingerprint density at radius 2 is 1.84 bits per heavy atom. The second kappa shape index (κ2) is 10.7. The highest BCUT2D eigenvalue weighted by Gasteiger charge is 2.65. The number of hydrogen-bond acceptors (Lipinski definition) is 7. The van der Waals surface area contributed by atoms with Gasteiger partial charge in [-0.25, -0.2) is 13.1 Å². The molecule has 1 aromatic carbocycles. The minimum atomic E-state index is -4.01. The van der Waals surface area contributed by atoms with Gasteiger partial charge in [0, 0.05) is 18.3 Å². The average Bonchev–Trinajstić information content (AvgIpc) is 3.10. The van der Waals surface area contributed by atoms with Crippen molar-refractivity contribution in [3.8, 4) is 5.75 Å². The highest BCUT2D eigenvalue weighted by Crippen LogP contribution is 2.64. The van der Waals surface area contributed by atoms with E-state index in [-0.39, 0.29) is 36.9 Å². The molecule has 1 unspecified atom stereocenters.